The fraction of sp³-hybridized carbons (Fsp3) is 0.800. The third kappa shape index (κ3) is 2.78. The number of rotatable bonds is 2. The molecule has 4 heteroatoms. The van der Waals surface area contributed by atoms with Gasteiger partial charge in [0, 0.05) is 0 Å². The Bertz CT molecular complexity index is 538. The zero-order chi connectivity index (χ0) is 17.7. The summed E-state index contributed by atoms with van der Waals surface area (Å²) in [5, 5.41) is 31.0. The first kappa shape index (κ1) is 18.1. The molecule has 1 saturated heterocycles. The van der Waals surface area contributed by atoms with Gasteiger partial charge in [0.15, 0.2) is 0 Å². The van der Waals surface area contributed by atoms with Crippen molar-refractivity contribution in [3.63, 3.8) is 0 Å². The van der Waals surface area contributed by atoms with E-state index in [-0.39, 0.29) is 28.8 Å². The Kier molecular flexibility index (Phi) is 4.71. The molecule has 2 saturated carbocycles. The van der Waals surface area contributed by atoms with E-state index in [0.717, 1.165) is 30.4 Å². The third-order valence-corrected chi connectivity index (χ3v) is 7.23. The molecule has 0 aromatic carbocycles. The SMILES string of the molecule is C=C1[C@@H](O)C[C@H]2C(C)(C)[C@@H](O)CC[C@]2(C)[C@H]1C/C=C1/COCC1O. The summed E-state index contributed by atoms with van der Waals surface area (Å²) in [6.45, 7) is 11.6. The Labute approximate surface area is 145 Å². The second-order valence-corrected chi connectivity index (χ2v) is 8.86. The number of hydrogen-bond donors (Lipinski definition) is 3. The molecule has 3 fully saturated rings. The minimum absolute atomic E-state index is 0.0144. The summed E-state index contributed by atoms with van der Waals surface area (Å²) in [7, 11) is 0. The molecule has 3 aliphatic rings. The highest BCUT2D eigenvalue weighted by Crippen LogP contribution is 2.61. The second-order valence-electron chi connectivity index (χ2n) is 8.86. The van der Waals surface area contributed by atoms with Gasteiger partial charge in [0.1, 0.15) is 6.10 Å². The van der Waals surface area contributed by atoms with Crippen molar-refractivity contribution in [3.05, 3.63) is 23.8 Å². The minimum Gasteiger partial charge on any atom is -0.393 e. The smallest absolute Gasteiger partial charge is 0.101 e. The standard InChI is InChI=1S/C20H32O4/c1-12-14(6-5-13-10-24-11-16(13)22)20(4)8-7-18(23)19(2,3)17(20)9-15(12)21/h5,14-18,21-23H,1,6-11H2,2-4H3/b13-5-/t14-,15-,16?,17-,18-,20+/m0/s1. The molecule has 0 bridgehead atoms. The third-order valence-electron chi connectivity index (χ3n) is 7.23. The van der Waals surface area contributed by atoms with Gasteiger partial charge in [0.2, 0.25) is 0 Å². The van der Waals surface area contributed by atoms with Crippen LogP contribution in [0.5, 0.6) is 0 Å². The Morgan fingerprint density at radius 3 is 2.54 bits per heavy atom. The van der Waals surface area contributed by atoms with Crippen molar-refractivity contribution in [2.24, 2.45) is 22.7 Å². The molecule has 136 valence electrons. The Balaban J connectivity index is 1.90. The van der Waals surface area contributed by atoms with Gasteiger partial charge in [0.25, 0.3) is 0 Å². The fourth-order valence-electron chi connectivity index (χ4n) is 5.47. The van der Waals surface area contributed by atoms with E-state index >= 15 is 0 Å². The normalized spacial score (nSPS) is 47.0. The summed E-state index contributed by atoms with van der Waals surface area (Å²) in [4.78, 5) is 0. The molecule has 0 amide bonds. The van der Waals surface area contributed by atoms with E-state index in [1.54, 1.807) is 0 Å². The molecule has 1 heterocycles. The minimum atomic E-state index is -0.513. The van der Waals surface area contributed by atoms with Gasteiger partial charge in [-0.2, -0.15) is 0 Å². The quantitative estimate of drug-likeness (QED) is 0.678. The summed E-state index contributed by atoms with van der Waals surface area (Å²) < 4.78 is 5.31. The number of fused-ring (bicyclic) bond motifs is 1. The van der Waals surface area contributed by atoms with Gasteiger partial charge < -0.3 is 20.1 Å². The predicted molar refractivity (Wildman–Crippen MR) is 93.4 cm³/mol. The first-order valence-electron chi connectivity index (χ1n) is 9.17. The number of ether oxygens (including phenoxy) is 1. The highest BCUT2D eigenvalue weighted by Gasteiger charge is 2.57. The average molecular weight is 336 g/mol. The monoisotopic (exact) mass is 336 g/mol. The van der Waals surface area contributed by atoms with Gasteiger partial charge in [-0.25, -0.2) is 0 Å². The van der Waals surface area contributed by atoms with Crippen LogP contribution >= 0.6 is 0 Å². The van der Waals surface area contributed by atoms with Crippen LogP contribution in [0.15, 0.2) is 23.8 Å². The second kappa shape index (κ2) is 6.24. The van der Waals surface area contributed by atoms with E-state index in [1.165, 1.54) is 0 Å². The lowest BCUT2D eigenvalue weighted by Gasteiger charge is -2.60. The van der Waals surface area contributed by atoms with E-state index in [4.69, 9.17) is 4.74 Å². The molecule has 1 unspecified atom stereocenters. The summed E-state index contributed by atoms with van der Waals surface area (Å²) in [6, 6.07) is 0. The summed E-state index contributed by atoms with van der Waals surface area (Å²) >= 11 is 0. The molecule has 6 atom stereocenters. The molecule has 0 spiro atoms. The van der Waals surface area contributed by atoms with Crippen LogP contribution in [0.25, 0.3) is 0 Å². The molecule has 4 nitrogen and oxygen atoms in total. The van der Waals surface area contributed by atoms with E-state index in [9.17, 15) is 15.3 Å². The molecule has 3 N–H and O–H groups in total. The number of aliphatic hydroxyl groups excluding tert-OH is 3. The van der Waals surface area contributed by atoms with Crippen LogP contribution in [0.3, 0.4) is 0 Å². The molecular weight excluding hydrogens is 304 g/mol. The maximum absolute atomic E-state index is 10.6. The Morgan fingerprint density at radius 2 is 1.92 bits per heavy atom. The molecular formula is C20H32O4. The van der Waals surface area contributed by atoms with Gasteiger partial charge >= 0.3 is 0 Å². The maximum atomic E-state index is 10.6. The average Bonchev–Trinajstić information content (AvgIpc) is 2.92. The van der Waals surface area contributed by atoms with Crippen LogP contribution in [0.2, 0.25) is 0 Å². The van der Waals surface area contributed by atoms with Gasteiger partial charge in [-0.15, -0.1) is 0 Å². The van der Waals surface area contributed by atoms with Crippen molar-refractivity contribution >= 4 is 0 Å². The highest BCUT2D eigenvalue weighted by atomic mass is 16.5. The van der Waals surface area contributed by atoms with Crippen molar-refractivity contribution in [3.8, 4) is 0 Å². The van der Waals surface area contributed by atoms with Crippen molar-refractivity contribution < 1.29 is 20.1 Å². The number of hydrogen-bond acceptors (Lipinski definition) is 4. The molecule has 0 radical (unpaired) electrons. The lowest BCUT2D eigenvalue weighted by Crippen LogP contribution is -2.57. The molecule has 1 aliphatic heterocycles. The van der Waals surface area contributed by atoms with Gasteiger partial charge in [-0.05, 0) is 59.5 Å². The first-order valence-corrected chi connectivity index (χ1v) is 9.17. The van der Waals surface area contributed by atoms with Gasteiger partial charge in [0.05, 0.1) is 25.4 Å². The topological polar surface area (TPSA) is 69.9 Å². The van der Waals surface area contributed by atoms with Crippen LogP contribution in [0.1, 0.15) is 46.5 Å². The largest absolute Gasteiger partial charge is 0.393 e. The lowest BCUT2D eigenvalue weighted by molar-refractivity contribution is -0.139. The van der Waals surface area contributed by atoms with E-state index in [0.29, 0.717) is 19.6 Å². The van der Waals surface area contributed by atoms with Crippen LogP contribution in [0, 0.1) is 22.7 Å². The summed E-state index contributed by atoms with van der Waals surface area (Å²) in [6.07, 6.45) is 3.94. The molecule has 3 rings (SSSR count). The molecule has 0 aromatic rings. The van der Waals surface area contributed by atoms with Crippen LogP contribution in [-0.2, 0) is 4.74 Å². The van der Waals surface area contributed by atoms with Crippen molar-refractivity contribution in [2.45, 2.75) is 64.8 Å². The maximum Gasteiger partial charge on any atom is 0.101 e. The Morgan fingerprint density at radius 1 is 1.21 bits per heavy atom. The molecule has 0 aromatic heterocycles. The Hall–Kier alpha value is -0.680. The zero-order valence-corrected chi connectivity index (χ0v) is 15.2. The highest BCUT2D eigenvalue weighted by molar-refractivity contribution is 5.23. The van der Waals surface area contributed by atoms with Gasteiger partial charge in [-0.1, -0.05) is 33.4 Å². The van der Waals surface area contributed by atoms with Gasteiger partial charge in [-0.3, -0.25) is 0 Å². The van der Waals surface area contributed by atoms with Crippen LogP contribution in [-0.4, -0.2) is 46.8 Å². The van der Waals surface area contributed by atoms with Crippen molar-refractivity contribution in [1.82, 2.24) is 0 Å². The van der Waals surface area contributed by atoms with Crippen LogP contribution in [0.4, 0.5) is 0 Å². The predicted octanol–water partition coefficient (Wildman–Crippen LogP) is 2.43. The molecule has 2 aliphatic carbocycles. The lowest BCUT2D eigenvalue weighted by atomic mass is 9.46. The van der Waals surface area contributed by atoms with Crippen molar-refractivity contribution in [1.29, 1.82) is 0 Å². The van der Waals surface area contributed by atoms with E-state index in [1.807, 2.05) is 0 Å². The molecule has 24 heavy (non-hydrogen) atoms. The van der Waals surface area contributed by atoms with E-state index < -0.39 is 12.2 Å². The fourth-order valence-corrected chi connectivity index (χ4v) is 5.47. The van der Waals surface area contributed by atoms with Crippen LogP contribution < -0.4 is 0 Å². The first-order chi connectivity index (χ1) is 11.2. The van der Waals surface area contributed by atoms with E-state index in [2.05, 4.69) is 33.4 Å². The van der Waals surface area contributed by atoms with Crippen molar-refractivity contribution in [2.75, 3.05) is 13.2 Å². The summed E-state index contributed by atoms with van der Waals surface area (Å²) in [5.41, 5.74) is 1.65. The number of allylic oxidation sites excluding steroid dienone is 1. The zero-order valence-electron chi connectivity index (χ0n) is 15.2. The summed E-state index contributed by atoms with van der Waals surface area (Å²) in [5.74, 6) is 0.417. The number of aliphatic hydroxyl groups is 3.